The first kappa shape index (κ1) is 13.1. The van der Waals surface area contributed by atoms with E-state index < -0.39 is 0 Å². The second kappa shape index (κ2) is 6.02. The quantitative estimate of drug-likeness (QED) is 0.891. The number of para-hydroxylation sites is 1. The Hall–Kier alpha value is -0.930. The molecule has 1 N–H and O–H groups in total. The van der Waals surface area contributed by atoms with E-state index in [4.69, 9.17) is 4.98 Å². The molecule has 0 aliphatic heterocycles. The van der Waals surface area contributed by atoms with Crippen LogP contribution in [0.4, 0.5) is 0 Å². The monoisotopic (exact) mass is 274 g/mol. The molecule has 2 aromatic rings. The number of thiazole rings is 1. The SMILES string of the molecule is CNC(CCc1nc2ccccc2s1)C1CCCC1. The van der Waals surface area contributed by atoms with Gasteiger partial charge >= 0.3 is 0 Å². The Balaban J connectivity index is 1.64. The van der Waals surface area contributed by atoms with E-state index in [0.717, 1.165) is 17.9 Å². The van der Waals surface area contributed by atoms with Crippen LogP contribution in [0, 0.1) is 5.92 Å². The molecule has 1 atom stereocenters. The van der Waals surface area contributed by atoms with Crippen molar-refractivity contribution >= 4 is 21.6 Å². The van der Waals surface area contributed by atoms with Crippen molar-refractivity contribution in [3.63, 3.8) is 0 Å². The Labute approximate surface area is 119 Å². The lowest BCUT2D eigenvalue weighted by atomic mass is 9.94. The third-order valence-corrected chi connectivity index (χ3v) is 5.44. The van der Waals surface area contributed by atoms with Gasteiger partial charge in [0.05, 0.1) is 15.2 Å². The van der Waals surface area contributed by atoms with Crippen LogP contribution in [0.15, 0.2) is 24.3 Å². The molecule has 3 heteroatoms. The zero-order valence-electron chi connectivity index (χ0n) is 11.6. The summed E-state index contributed by atoms with van der Waals surface area (Å²) in [7, 11) is 2.11. The first-order chi connectivity index (χ1) is 9.36. The van der Waals surface area contributed by atoms with Gasteiger partial charge in [-0.05, 0) is 44.4 Å². The highest BCUT2D eigenvalue weighted by Crippen LogP contribution is 2.30. The summed E-state index contributed by atoms with van der Waals surface area (Å²) < 4.78 is 1.32. The van der Waals surface area contributed by atoms with Crippen molar-refractivity contribution in [1.82, 2.24) is 10.3 Å². The van der Waals surface area contributed by atoms with E-state index in [2.05, 4.69) is 36.6 Å². The van der Waals surface area contributed by atoms with Crippen LogP contribution in [0.2, 0.25) is 0 Å². The molecule has 19 heavy (non-hydrogen) atoms. The van der Waals surface area contributed by atoms with Crippen LogP contribution in [0.5, 0.6) is 0 Å². The summed E-state index contributed by atoms with van der Waals surface area (Å²) in [6.45, 7) is 0. The van der Waals surface area contributed by atoms with Crippen molar-refractivity contribution in [2.75, 3.05) is 7.05 Å². The summed E-state index contributed by atoms with van der Waals surface area (Å²) in [6.07, 6.45) is 7.99. The molecular formula is C16H22N2S. The van der Waals surface area contributed by atoms with Gasteiger partial charge < -0.3 is 5.32 Å². The third kappa shape index (κ3) is 2.98. The molecule has 1 aliphatic carbocycles. The van der Waals surface area contributed by atoms with Crippen LogP contribution in [0.1, 0.15) is 37.1 Å². The number of nitrogens with zero attached hydrogens (tertiary/aromatic N) is 1. The number of rotatable bonds is 5. The maximum atomic E-state index is 4.74. The number of benzene rings is 1. The minimum Gasteiger partial charge on any atom is -0.317 e. The fourth-order valence-corrected chi connectivity index (χ4v) is 4.26. The van der Waals surface area contributed by atoms with Gasteiger partial charge in [0.1, 0.15) is 0 Å². The summed E-state index contributed by atoms with van der Waals surface area (Å²) in [5, 5.41) is 4.82. The Kier molecular flexibility index (Phi) is 4.14. The van der Waals surface area contributed by atoms with Crippen LogP contribution in [0.3, 0.4) is 0 Å². The van der Waals surface area contributed by atoms with E-state index in [1.165, 1.54) is 41.8 Å². The number of hydrogen-bond donors (Lipinski definition) is 1. The lowest BCUT2D eigenvalue weighted by molar-refractivity contribution is 0.360. The maximum Gasteiger partial charge on any atom is 0.0939 e. The molecule has 1 fully saturated rings. The van der Waals surface area contributed by atoms with E-state index in [0.29, 0.717) is 6.04 Å². The van der Waals surface area contributed by atoms with Crippen molar-refractivity contribution in [3.05, 3.63) is 29.3 Å². The molecule has 2 nitrogen and oxygen atoms in total. The molecule has 0 radical (unpaired) electrons. The van der Waals surface area contributed by atoms with Gasteiger partial charge in [0, 0.05) is 12.5 Å². The molecule has 0 saturated heterocycles. The highest BCUT2D eigenvalue weighted by Gasteiger charge is 2.23. The van der Waals surface area contributed by atoms with Crippen LogP contribution in [-0.4, -0.2) is 18.1 Å². The van der Waals surface area contributed by atoms with Crippen molar-refractivity contribution in [2.24, 2.45) is 5.92 Å². The van der Waals surface area contributed by atoms with Crippen molar-refractivity contribution < 1.29 is 0 Å². The van der Waals surface area contributed by atoms with Crippen LogP contribution >= 0.6 is 11.3 Å². The second-order valence-corrected chi connectivity index (χ2v) is 6.67. The number of aryl methyl sites for hydroxylation is 1. The molecule has 3 rings (SSSR count). The zero-order valence-corrected chi connectivity index (χ0v) is 12.4. The second-order valence-electron chi connectivity index (χ2n) is 5.55. The van der Waals surface area contributed by atoms with Gasteiger partial charge in [-0.3, -0.25) is 0 Å². The van der Waals surface area contributed by atoms with Crippen LogP contribution in [0.25, 0.3) is 10.2 Å². The Morgan fingerprint density at radius 3 is 2.84 bits per heavy atom. The zero-order chi connectivity index (χ0) is 13.1. The average molecular weight is 274 g/mol. The summed E-state index contributed by atoms with van der Waals surface area (Å²) in [5.74, 6) is 0.888. The highest BCUT2D eigenvalue weighted by atomic mass is 32.1. The van der Waals surface area contributed by atoms with Gasteiger partial charge in [-0.25, -0.2) is 4.98 Å². The largest absolute Gasteiger partial charge is 0.317 e. The standard InChI is InChI=1S/C16H22N2S/c1-17-13(12-6-2-3-7-12)10-11-16-18-14-8-4-5-9-15(14)19-16/h4-5,8-9,12-13,17H,2-3,6-7,10-11H2,1H3. The van der Waals surface area contributed by atoms with E-state index >= 15 is 0 Å². The van der Waals surface area contributed by atoms with Gasteiger partial charge in [-0.1, -0.05) is 25.0 Å². The number of hydrogen-bond acceptors (Lipinski definition) is 3. The van der Waals surface area contributed by atoms with E-state index in [1.807, 2.05) is 11.3 Å². The summed E-state index contributed by atoms with van der Waals surface area (Å²) in [4.78, 5) is 4.74. The first-order valence-corrected chi connectivity index (χ1v) is 8.20. The van der Waals surface area contributed by atoms with Gasteiger partial charge in [0.2, 0.25) is 0 Å². The Morgan fingerprint density at radius 1 is 1.32 bits per heavy atom. The molecule has 1 aromatic carbocycles. The first-order valence-electron chi connectivity index (χ1n) is 7.38. The summed E-state index contributed by atoms with van der Waals surface area (Å²) in [5.41, 5.74) is 1.16. The maximum absolute atomic E-state index is 4.74. The molecular weight excluding hydrogens is 252 g/mol. The fourth-order valence-electron chi connectivity index (χ4n) is 3.28. The van der Waals surface area contributed by atoms with E-state index in [9.17, 15) is 0 Å². The molecule has 1 aromatic heterocycles. The lowest BCUT2D eigenvalue weighted by Gasteiger charge is -2.22. The smallest absolute Gasteiger partial charge is 0.0939 e. The Morgan fingerprint density at radius 2 is 2.11 bits per heavy atom. The number of fused-ring (bicyclic) bond motifs is 1. The molecule has 1 unspecified atom stereocenters. The minimum atomic E-state index is 0.675. The minimum absolute atomic E-state index is 0.675. The third-order valence-electron chi connectivity index (χ3n) is 4.35. The van der Waals surface area contributed by atoms with E-state index in [1.54, 1.807) is 0 Å². The predicted molar refractivity (Wildman–Crippen MR) is 82.7 cm³/mol. The van der Waals surface area contributed by atoms with Crippen LogP contribution < -0.4 is 5.32 Å². The predicted octanol–water partition coefficient (Wildman–Crippen LogP) is 4.01. The molecule has 0 spiro atoms. The summed E-state index contributed by atoms with van der Waals surface area (Å²) in [6, 6.07) is 9.12. The van der Waals surface area contributed by atoms with Crippen molar-refractivity contribution in [3.8, 4) is 0 Å². The summed E-state index contributed by atoms with van der Waals surface area (Å²) >= 11 is 1.85. The van der Waals surface area contributed by atoms with Gasteiger partial charge in [0.15, 0.2) is 0 Å². The van der Waals surface area contributed by atoms with Gasteiger partial charge in [-0.15, -0.1) is 11.3 Å². The Bertz CT molecular complexity index is 495. The molecule has 1 saturated carbocycles. The normalized spacial score (nSPS) is 18.2. The van der Waals surface area contributed by atoms with Gasteiger partial charge in [0.25, 0.3) is 0 Å². The van der Waals surface area contributed by atoms with E-state index in [-0.39, 0.29) is 0 Å². The lowest BCUT2D eigenvalue weighted by Crippen LogP contribution is -2.32. The molecule has 1 aliphatic rings. The van der Waals surface area contributed by atoms with Crippen molar-refractivity contribution in [1.29, 1.82) is 0 Å². The van der Waals surface area contributed by atoms with Crippen molar-refractivity contribution in [2.45, 2.75) is 44.6 Å². The topological polar surface area (TPSA) is 24.9 Å². The number of nitrogens with one attached hydrogen (secondary N) is 1. The fraction of sp³-hybridized carbons (Fsp3) is 0.562. The molecule has 0 bridgehead atoms. The van der Waals surface area contributed by atoms with Crippen LogP contribution in [-0.2, 0) is 6.42 Å². The average Bonchev–Trinajstić information content (AvgIpc) is 3.08. The molecule has 102 valence electrons. The molecule has 1 heterocycles. The highest BCUT2D eigenvalue weighted by molar-refractivity contribution is 7.18. The van der Waals surface area contributed by atoms with Gasteiger partial charge in [-0.2, -0.15) is 0 Å². The molecule has 0 amide bonds. The number of aromatic nitrogens is 1.